The van der Waals surface area contributed by atoms with Gasteiger partial charge in [-0.25, -0.2) is 16.8 Å². The van der Waals surface area contributed by atoms with Crippen LogP contribution in [0.1, 0.15) is 20.7 Å². The van der Waals surface area contributed by atoms with Crippen LogP contribution < -0.4 is 8.61 Å². The summed E-state index contributed by atoms with van der Waals surface area (Å²) in [5.74, 6) is -2.03. The van der Waals surface area contributed by atoms with Crippen molar-refractivity contribution >= 4 is 75.1 Å². The summed E-state index contributed by atoms with van der Waals surface area (Å²) in [7, 11) is -9.04. The van der Waals surface area contributed by atoms with Gasteiger partial charge in [0.25, 0.3) is 31.9 Å². The Morgan fingerprint density at radius 2 is 0.789 bits per heavy atom. The fourth-order valence-electron chi connectivity index (χ4n) is 4.00. The number of halogens is 2. The number of fused-ring (bicyclic) bond motifs is 2. The Balaban J connectivity index is 1.80. The van der Waals surface area contributed by atoms with Gasteiger partial charge in [-0.2, -0.15) is 8.61 Å². The summed E-state index contributed by atoms with van der Waals surface area (Å²) in [5, 5.41) is 0. The highest BCUT2D eigenvalue weighted by Gasteiger charge is 2.43. The van der Waals surface area contributed by atoms with Crippen molar-refractivity contribution in [3.8, 4) is 0 Å². The first-order valence-corrected chi connectivity index (χ1v) is 15.4. The third kappa shape index (κ3) is 4.37. The molecule has 0 bridgehead atoms. The summed E-state index contributed by atoms with van der Waals surface area (Å²) in [4.78, 5) is 27.6. The van der Waals surface area contributed by atoms with Crippen LogP contribution in [-0.2, 0) is 20.0 Å². The number of carbonyl (C=O) groups excluding carboxylic acids is 2. The molecule has 0 fully saturated rings. The van der Waals surface area contributed by atoms with Crippen molar-refractivity contribution in [1.29, 1.82) is 0 Å². The van der Waals surface area contributed by atoms with Crippen LogP contribution in [0.4, 0.5) is 11.4 Å². The maximum absolute atomic E-state index is 14.0. The first kappa shape index (κ1) is 26.3. The maximum Gasteiger partial charge on any atom is 0.274 e. The predicted molar refractivity (Wildman–Crippen MR) is 149 cm³/mol. The smallest absolute Gasteiger partial charge is 0.267 e. The second-order valence-electron chi connectivity index (χ2n) is 8.09. The number of para-hydroxylation sites is 2. The van der Waals surface area contributed by atoms with Crippen LogP contribution in [0.2, 0.25) is 0 Å². The molecule has 0 aromatic heterocycles. The van der Waals surface area contributed by atoms with Crippen molar-refractivity contribution < 1.29 is 26.4 Å². The van der Waals surface area contributed by atoms with Crippen molar-refractivity contribution in [2.45, 2.75) is 9.79 Å². The van der Waals surface area contributed by atoms with E-state index in [-0.39, 0.29) is 32.3 Å². The monoisotopic (exact) mass is 674 g/mol. The molecule has 2 amide bonds. The van der Waals surface area contributed by atoms with Crippen LogP contribution in [-0.4, -0.2) is 28.6 Å². The molecule has 0 radical (unpaired) electrons. The molecule has 0 atom stereocenters. The van der Waals surface area contributed by atoms with Crippen LogP contribution in [0.15, 0.2) is 116 Å². The fraction of sp³-hybridized carbons (Fsp3) is 0. The molecule has 38 heavy (non-hydrogen) atoms. The normalized spacial score (nSPS) is 13.9. The number of rotatable bonds is 4. The number of benzene rings is 4. The molecule has 8 nitrogen and oxygen atoms in total. The third-order valence-electron chi connectivity index (χ3n) is 5.78. The second kappa shape index (κ2) is 9.77. The number of nitrogens with zero attached hydrogens (tertiary/aromatic N) is 2. The van der Waals surface area contributed by atoms with Crippen molar-refractivity contribution in [2.75, 3.05) is 8.61 Å². The van der Waals surface area contributed by atoms with Gasteiger partial charge in [-0.3, -0.25) is 9.59 Å². The largest absolute Gasteiger partial charge is 0.274 e. The maximum atomic E-state index is 14.0. The first-order valence-electron chi connectivity index (χ1n) is 10.9. The van der Waals surface area contributed by atoms with E-state index >= 15 is 0 Å². The Kier molecular flexibility index (Phi) is 6.76. The molecule has 5 rings (SSSR count). The predicted octanol–water partition coefficient (Wildman–Crippen LogP) is 5.60. The Hall–Kier alpha value is -3.32. The zero-order valence-electron chi connectivity index (χ0n) is 19.2. The third-order valence-corrected chi connectivity index (χ3v) is 10.3. The quantitative estimate of drug-likeness (QED) is 0.279. The number of amides is 2. The van der Waals surface area contributed by atoms with E-state index in [1.54, 1.807) is 0 Å². The van der Waals surface area contributed by atoms with Gasteiger partial charge >= 0.3 is 0 Å². The van der Waals surface area contributed by atoms with Crippen molar-refractivity contribution in [3.63, 3.8) is 0 Å². The molecule has 4 aromatic rings. The van der Waals surface area contributed by atoms with Gasteiger partial charge in [-0.15, -0.1) is 0 Å². The summed E-state index contributed by atoms with van der Waals surface area (Å²) in [6.07, 6.45) is 0. The molecule has 192 valence electrons. The van der Waals surface area contributed by atoms with Crippen LogP contribution in [0.5, 0.6) is 0 Å². The summed E-state index contributed by atoms with van der Waals surface area (Å²) in [5.41, 5.74) is -1.10. The van der Waals surface area contributed by atoms with Gasteiger partial charge in [-0.05, 0) is 72.8 Å². The molecule has 0 aliphatic carbocycles. The van der Waals surface area contributed by atoms with E-state index in [0.29, 0.717) is 17.6 Å². The lowest BCUT2D eigenvalue weighted by atomic mass is 10.1. The lowest BCUT2D eigenvalue weighted by Gasteiger charge is -2.32. The van der Waals surface area contributed by atoms with Crippen molar-refractivity contribution in [1.82, 2.24) is 0 Å². The van der Waals surface area contributed by atoms with E-state index in [0.717, 1.165) is 0 Å². The van der Waals surface area contributed by atoms with Gasteiger partial charge in [0.2, 0.25) is 0 Å². The van der Waals surface area contributed by atoms with Crippen LogP contribution in [0.25, 0.3) is 0 Å². The van der Waals surface area contributed by atoms with E-state index in [1.807, 2.05) is 0 Å². The van der Waals surface area contributed by atoms with Gasteiger partial charge in [0, 0.05) is 8.95 Å². The number of carbonyl (C=O) groups is 2. The molecule has 0 spiro atoms. The summed E-state index contributed by atoms with van der Waals surface area (Å²) < 4.78 is 57.7. The van der Waals surface area contributed by atoms with Crippen molar-refractivity contribution in [2.24, 2.45) is 0 Å². The fourth-order valence-corrected chi connectivity index (χ4v) is 7.38. The average Bonchev–Trinajstić information content (AvgIpc) is 2.89. The molecule has 0 saturated heterocycles. The Morgan fingerprint density at radius 1 is 0.474 bits per heavy atom. The molecule has 0 N–H and O–H groups in total. The Labute approximate surface area is 235 Å². The molecule has 0 unspecified atom stereocenters. The lowest BCUT2D eigenvalue weighted by Crippen LogP contribution is -2.45. The van der Waals surface area contributed by atoms with E-state index in [4.69, 9.17) is 0 Å². The lowest BCUT2D eigenvalue weighted by molar-refractivity contribution is 0.0996. The summed E-state index contributed by atoms with van der Waals surface area (Å²) in [6.45, 7) is 0. The molecule has 4 aromatic carbocycles. The molecule has 1 aliphatic rings. The molecule has 0 saturated carbocycles. The van der Waals surface area contributed by atoms with Crippen LogP contribution in [0.3, 0.4) is 0 Å². The molecule has 1 heterocycles. The molecular formula is C26H16Br2N2O6S2. The minimum atomic E-state index is -4.52. The number of hydrogen-bond donors (Lipinski definition) is 0. The second-order valence-corrected chi connectivity index (χ2v) is 13.5. The van der Waals surface area contributed by atoms with E-state index in [9.17, 15) is 26.4 Å². The SMILES string of the molecule is O=C1c2ccccc2N(S(=O)(=O)c2ccc(Br)cc2)C(=O)c2ccccc2N1S(=O)(=O)c1ccc(Br)cc1. The molecule has 1 aliphatic heterocycles. The molecule has 12 heteroatoms. The van der Waals surface area contributed by atoms with Crippen LogP contribution in [0, 0.1) is 0 Å². The number of anilines is 2. The van der Waals surface area contributed by atoms with Crippen molar-refractivity contribution in [3.05, 3.63) is 117 Å². The number of sulfonamides is 2. The Bertz CT molecular complexity index is 1670. The summed E-state index contributed by atoms with van der Waals surface area (Å²) >= 11 is 6.52. The highest BCUT2D eigenvalue weighted by Crippen LogP contribution is 2.38. The minimum Gasteiger partial charge on any atom is -0.267 e. The van der Waals surface area contributed by atoms with E-state index < -0.39 is 31.9 Å². The minimum absolute atomic E-state index is 0.186. The van der Waals surface area contributed by atoms with Gasteiger partial charge in [0.1, 0.15) is 0 Å². The standard InChI is InChI=1S/C26H16Br2N2O6S2/c27-17-9-13-19(14-10-17)37(33,34)29-23-7-3-1-5-21(23)25(31)30(24-8-4-2-6-22(24)26(29)32)38(35,36)20-15-11-18(28)12-16-20/h1-16H. The number of hydrogen-bond acceptors (Lipinski definition) is 6. The zero-order valence-corrected chi connectivity index (χ0v) is 24.0. The highest BCUT2D eigenvalue weighted by molar-refractivity contribution is 9.10. The molecular weight excluding hydrogens is 660 g/mol. The van der Waals surface area contributed by atoms with E-state index in [2.05, 4.69) is 31.9 Å². The van der Waals surface area contributed by atoms with Gasteiger partial charge in [-0.1, -0.05) is 56.1 Å². The topological polar surface area (TPSA) is 109 Å². The highest BCUT2D eigenvalue weighted by atomic mass is 79.9. The first-order chi connectivity index (χ1) is 18.0. The zero-order chi connectivity index (χ0) is 27.2. The van der Waals surface area contributed by atoms with Gasteiger partial charge in [0.05, 0.1) is 32.3 Å². The van der Waals surface area contributed by atoms with Gasteiger partial charge < -0.3 is 0 Å². The van der Waals surface area contributed by atoms with E-state index in [1.165, 1.54) is 97.1 Å². The Morgan fingerprint density at radius 3 is 1.13 bits per heavy atom. The average molecular weight is 676 g/mol. The van der Waals surface area contributed by atoms with Gasteiger partial charge in [0.15, 0.2) is 0 Å². The van der Waals surface area contributed by atoms with Crippen LogP contribution >= 0.6 is 31.9 Å². The summed E-state index contributed by atoms with van der Waals surface area (Å²) in [6, 6.07) is 22.4.